The summed E-state index contributed by atoms with van der Waals surface area (Å²) in [4.78, 5) is 16.6. The molecule has 22 heavy (non-hydrogen) atoms. The highest BCUT2D eigenvalue weighted by atomic mass is 16.5. The second-order valence-electron chi connectivity index (χ2n) is 5.57. The molecule has 1 aliphatic rings. The monoisotopic (exact) mass is 293 g/mol. The lowest BCUT2D eigenvalue weighted by atomic mass is 10.1. The van der Waals surface area contributed by atoms with E-state index >= 15 is 0 Å². The maximum atomic E-state index is 12.1. The van der Waals surface area contributed by atoms with E-state index in [1.807, 2.05) is 42.5 Å². The highest BCUT2D eigenvalue weighted by molar-refractivity contribution is 6.01. The van der Waals surface area contributed by atoms with Gasteiger partial charge in [-0.15, -0.1) is 0 Å². The van der Waals surface area contributed by atoms with Gasteiger partial charge in [-0.2, -0.15) is 0 Å². The Hall–Kier alpha value is -2.62. The average molecular weight is 293 g/mol. The molecule has 0 radical (unpaired) electrons. The van der Waals surface area contributed by atoms with Crippen molar-refractivity contribution in [1.82, 2.24) is 4.98 Å². The van der Waals surface area contributed by atoms with Crippen LogP contribution in [0, 0.1) is 5.92 Å². The van der Waals surface area contributed by atoms with Crippen LogP contribution in [0.4, 0.5) is 0 Å². The summed E-state index contributed by atoms with van der Waals surface area (Å²) >= 11 is 0. The first kappa shape index (κ1) is 13.1. The van der Waals surface area contributed by atoms with E-state index in [1.165, 1.54) is 0 Å². The Labute approximate surface area is 127 Å². The molecule has 4 nitrogen and oxygen atoms in total. The molecule has 0 saturated heterocycles. The average Bonchev–Trinajstić information content (AvgIpc) is 3.32. The zero-order valence-corrected chi connectivity index (χ0v) is 12.2. The van der Waals surface area contributed by atoms with Gasteiger partial charge in [0.15, 0.2) is 11.4 Å². The second-order valence-corrected chi connectivity index (χ2v) is 5.57. The number of oxazole rings is 1. The van der Waals surface area contributed by atoms with Gasteiger partial charge in [0.1, 0.15) is 11.3 Å². The largest absolute Gasteiger partial charge is 0.497 e. The van der Waals surface area contributed by atoms with Gasteiger partial charge in [-0.3, -0.25) is 4.79 Å². The van der Waals surface area contributed by atoms with Gasteiger partial charge in [-0.1, -0.05) is 0 Å². The SMILES string of the molecule is COc1ccc(-c2nc3cc(C(=O)C4CC4)ccc3o2)cc1. The Kier molecular flexibility index (Phi) is 2.96. The summed E-state index contributed by atoms with van der Waals surface area (Å²) in [6, 6.07) is 13.0. The van der Waals surface area contributed by atoms with Crippen LogP contribution in [0.25, 0.3) is 22.6 Å². The number of carbonyl (C=O) groups is 1. The highest BCUT2D eigenvalue weighted by Gasteiger charge is 2.30. The molecule has 0 unspecified atom stereocenters. The van der Waals surface area contributed by atoms with Gasteiger partial charge >= 0.3 is 0 Å². The summed E-state index contributed by atoms with van der Waals surface area (Å²) in [5, 5.41) is 0. The Balaban J connectivity index is 1.71. The van der Waals surface area contributed by atoms with Gasteiger partial charge in [0.05, 0.1) is 7.11 Å². The van der Waals surface area contributed by atoms with Crippen molar-refractivity contribution >= 4 is 16.9 Å². The van der Waals surface area contributed by atoms with Crippen molar-refractivity contribution in [3.8, 4) is 17.2 Å². The highest BCUT2D eigenvalue weighted by Crippen LogP contribution is 2.33. The number of hydrogen-bond donors (Lipinski definition) is 0. The number of ether oxygens (including phenoxy) is 1. The van der Waals surface area contributed by atoms with Gasteiger partial charge in [0, 0.05) is 17.0 Å². The Morgan fingerprint density at radius 1 is 1.18 bits per heavy atom. The summed E-state index contributed by atoms with van der Waals surface area (Å²) in [6.07, 6.45) is 2.01. The summed E-state index contributed by atoms with van der Waals surface area (Å²) in [5.41, 5.74) is 3.02. The van der Waals surface area contributed by atoms with E-state index in [9.17, 15) is 4.79 Å². The zero-order valence-electron chi connectivity index (χ0n) is 12.2. The minimum Gasteiger partial charge on any atom is -0.497 e. The lowest BCUT2D eigenvalue weighted by Crippen LogP contribution is -2.00. The van der Waals surface area contributed by atoms with Crippen LogP contribution in [0.5, 0.6) is 5.75 Å². The van der Waals surface area contributed by atoms with E-state index in [0.29, 0.717) is 11.5 Å². The maximum absolute atomic E-state index is 12.1. The topological polar surface area (TPSA) is 52.3 Å². The summed E-state index contributed by atoms with van der Waals surface area (Å²) in [6.45, 7) is 0. The number of benzene rings is 2. The number of hydrogen-bond acceptors (Lipinski definition) is 4. The number of methoxy groups -OCH3 is 1. The van der Waals surface area contributed by atoms with E-state index in [0.717, 1.165) is 35.2 Å². The van der Waals surface area contributed by atoms with Gasteiger partial charge in [0.25, 0.3) is 0 Å². The van der Waals surface area contributed by atoms with E-state index in [1.54, 1.807) is 7.11 Å². The van der Waals surface area contributed by atoms with Gasteiger partial charge in [0.2, 0.25) is 5.89 Å². The molecule has 1 saturated carbocycles. The van der Waals surface area contributed by atoms with E-state index < -0.39 is 0 Å². The van der Waals surface area contributed by atoms with Crippen molar-refractivity contribution in [3.63, 3.8) is 0 Å². The van der Waals surface area contributed by atoms with Crippen LogP contribution in [0.2, 0.25) is 0 Å². The Morgan fingerprint density at radius 2 is 1.95 bits per heavy atom. The number of nitrogens with zero attached hydrogens (tertiary/aromatic N) is 1. The molecule has 4 rings (SSSR count). The molecule has 0 spiro atoms. The molecule has 1 heterocycles. The third kappa shape index (κ3) is 2.26. The quantitative estimate of drug-likeness (QED) is 0.680. The fourth-order valence-corrected chi connectivity index (χ4v) is 2.52. The number of rotatable bonds is 4. The first-order valence-electron chi connectivity index (χ1n) is 7.34. The molecule has 2 aromatic carbocycles. The van der Waals surface area contributed by atoms with Crippen molar-refractivity contribution in [1.29, 1.82) is 0 Å². The minimum absolute atomic E-state index is 0.213. The first-order chi connectivity index (χ1) is 10.7. The minimum atomic E-state index is 0.213. The molecule has 0 bridgehead atoms. The predicted octanol–water partition coefficient (Wildman–Crippen LogP) is 4.10. The van der Waals surface area contributed by atoms with Crippen LogP contribution in [-0.2, 0) is 0 Å². The summed E-state index contributed by atoms with van der Waals surface area (Å²) < 4.78 is 10.9. The van der Waals surface area contributed by atoms with Crippen molar-refractivity contribution < 1.29 is 13.9 Å². The molecule has 1 aromatic heterocycles. The number of aromatic nitrogens is 1. The van der Waals surface area contributed by atoms with Crippen LogP contribution in [0.15, 0.2) is 46.9 Å². The number of carbonyl (C=O) groups excluding carboxylic acids is 1. The van der Waals surface area contributed by atoms with Crippen molar-refractivity contribution in [2.75, 3.05) is 7.11 Å². The fraction of sp³-hybridized carbons (Fsp3) is 0.222. The summed E-state index contributed by atoms with van der Waals surface area (Å²) in [7, 11) is 1.63. The van der Waals surface area contributed by atoms with E-state index in [-0.39, 0.29) is 11.7 Å². The van der Waals surface area contributed by atoms with Crippen LogP contribution < -0.4 is 4.74 Å². The molecular weight excluding hydrogens is 278 g/mol. The van der Waals surface area contributed by atoms with Crippen LogP contribution >= 0.6 is 0 Å². The maximum Gasteiger partial charge on any atom is 0.227 e. The molecule has 110 valence electrons. The molecular formula is C18H15NO3. The van der Waals surface area contributed by atoms with Crippen molar-refractivity contribution in [3.05, 3.63) is 48.0 Å². The predicted molar refractivity (Wildman–Crippen MR) is 83.1 cm³/mol. The third-order valence-electron chi connectivity index (χ3n) is 3.96. The molecule has 0 amide bonds. The van der Waals surface area contributed by atoms with Gasteiger partial charge in [-0.05, 0) is 55.3 Å². The van der Waals surface area contributed by atoms with Crippen molar-refractivity contribution in [2.24, 2.45) is 5.92 Å². The lowest BCUT2D eigenvalue weighted by Gasteiger charge is -1.99. The Bertz CT molecular complexity index is 844. The Morgan fingerprint density at radius 3 is 2.64 bits per heavy atom. The van der Waals surface area contributed by atoms with E-state index in [2.05, 4.69) is 4.98 Å². The van der Waals surface area contributed by atoms with Crippen LogP contribution in [0.3, 0.4) is 0 Å². The van der Waals surface area contributed by atoms with Gasteiger partial charge in [-0.25, -0.2) is 4.98 Å². The third-order valence-corrected chi connectivity index (χ3v) is 3.96. The molecule has 1 aliphatic carbocycles. The smallest absolute Gasteiger partial charge is 0.227 e. The summed E-state index contributed by atoms with van der Waals surface area (Å²) in [5.74, 6) is 1.77. The molecule has 1 fully saturated rings. The van der Waals surface area contributed by atoms with Crippen LogP contribution in [0.1, 0.15) is 23.2 Å². The number of ketones is 1. The lowest BCUT2D eigenvalue weighted by molar-refractivity contribution is 0.0968. The molecule has 0 atom stereocenters. The normalized spacial score (nSPS) is 14.2. The number of Topliss-reactive ketones (excluding diaryl/α,β-unsaturated/α-hetero) is 1. The molecule has 0 N–H and O–H groups in total. The molecule has 3 aromatic rings. The standard InChI is InChI=1S/C18H15NO3/c1-21-14-7-4-12(5-8-14)18-19-15-10-13(6-9-16(15)22-18)17(20)11-2-3-11/h4-11H,2-3H2,1H3. The zero-order chi connectivity index (χ0) is 15.1. The number of fused-ring (bicyclic) bond motifs is 1. The van der Waals surface area contributed by atoms with Crippen molar-refractivity contribution in [2.45, 2.75) is 12.8 Å². The first-order valence-corrected chi connectivity index (χ1v) is 7.34. The van der Waals surface area contributed by atoms with E-state index in [4.69, 9.17) is 9.15 Å². The molecule has 4 heteroatoms. The van der Waals surface area contributed by atoms with Crippen LogP contribution in [-0.4, -0.2) is 17.9 Å². The molecule has 0 aliphatic heterocycles. The van der Waals surface area contributed by atoms with Gasteiger partial charge < -0.3 is 9.15 Å². The fourth-order valence-electron chi connectivity index (χ4n) is 2.52. The second kappa shape index (κ2) is 4.98.